The summed E-state index contributed by atoms with van der Waals surface area (Å²) in [4.78, 5) is 10.8. The molecule has 1 heterocycles. The molecule has 1 atom stereocenters. The lowest BCUT2D eigenvalue weighted by Crippen LogP contribution is -2.55. The summed E-state index contributed by atoms with van der Waals surface area (Å²) in [7, 11) is 4.56. The largest absolute Gasteiger partial charge is 0.376 e. The monoisotopic (exact) mass is 201 g/mol. The predicted molar refractivity (Wildman–Crippen MR) is 49.4 cm³/mol. The van der Waals surface area contributed by atoms with Crippen molar-refractivity contribution in [2.24, 2.45) is 0 Å². The second-order valence-electron chi connectivity index (χ2n) is 3.00. The van der Waals surface area contributed by atoms with Crippen LogP contribution in [0.25, 0.3) is 0 Å². The summed E-state index contributed by atoms with van der Waals surface area (Å²) in [5.74, 6) is -1.18. The highest BCUT2D eigenvalue weighted by molar-refractivity contribution is 5.96. The Kier molecular flexibility index (Phi) is 3.25. The van der Waals surface area contributed by atoms with Crippen molar-refractivity contribution >= 4 is 5.91 Å². The van der Waals surface area contributed by atoms with Gasteiger partial charge in [0.1, 0.15) is 6.10 Å². The van der Waals surface area contributed by atoms with Crippen LogP contribution in [-0.2, 0) is 19.0 Å². The average molecular weight is 201 g/mol. The van der Waals surface area contributed by atoms with Gasteiger partial charge in [0.05, 0.1) is 5.70 Å². The van der Waals surface area contributed by atoms with Crippen molar-refractivity contribution in [3.63, 3.8) is 0 Å². The van der Waals surface area contributed by atoms with E-state index in [0.29, 0.717) is 5.70 Å². The zero-order valence-corrected chi connectivity index (χ0v) is 8.79. The maximum atomic E-state index is 10.8. The number of rotatable bonds is 5. The van der Waals surface area contributed by atoms with E-state index in [1.54, 1.807) is 14.0 Å². The van der Waals surface area contributed by atoms with E-state index in [9.17, 15) is 4.79 Å². The number of carbonyl (C=O) groups excluding carboxylic acids is 1. The molecule has 1 amide bonds. The average Bonchev–Trinajstić information content (AvgIpc) is 2.17. The summed E-state index contributed by atoms with van der Waals surface area (Å²) >= 11 is 0. The van der Waals surface area contributed by atoms with Gasteiger partial charge in [-0.15, -0.1) is 0 Å². The molecule has 1 aliphatic heterocycles. The first-order chi connectivity index (χ1) is 6.60. The maximum Gasteiger partial charge on any atom is 0.250 e. The lowest BCUT2D eigenvalue weighted by atomic mass is 10.0. The molecule has 0 saturated carbocycles. The van der Waals surface area contributed by atoms with E-state index in [2.05, 4.69) is 5.32 Å². The molecular formula is C9H15NO4. The van der Waals surface area contributed by atoms with Crippen LogP contribution in [-0.4, -0.2) is 39.1 Å². The Morgan fingerprint density at radius 1 is 1.36 bits per heavy atom. The first-order valence-corrected chi connectivity index (χ1v) is 4.27. The summed E-state index contributed by atoms with van der Waals surface area (Å²) in [6.07, 6.45) is 1.12. The number of nitrogens with one attached hydrogen (secondary N) is 1. The molecule has 0 fully saturated rings. The highest BCUT2D eigenvalue weighted by Crippen LogP contribution is 2.29. The molecule has 1 unspecified atom stereocenters. The zero-order chi connectivity index (χ0) is 10.8. The van der Waals surface area contributed by atoms with Gasteiger partial charge in [0, 0.05) is 27.4 Å². The quantitative estimate of drug-likeness (QED) is 0.637. The van der Waals surface area contributed by atoms with Crippen LogP contribution in [0.1, 0.15) is 6.92 Å². The van der Waals surface area contributed by atoms with Crippen LogP contribution < -0.4 is 5.32 Å². The van der Waals surface area contributed by atoms with E-state index in [1.807, 2.05) is 0 Å². The first-order valence-electron chi connectivity index (χ1n) is 4.27. The van der Waals surface area contributed by atoms with Crippen LogP contribution in [0, 0.1) is 0 Å². The van der Waals surface area contributed by atoms with Crippen molar-refractivity contribution in [3.8, 4) is 0 Å². The maximum absolute atomic E-state index is 10.8. The van der Waals surface area contributed by atoms with Crippen LogP contribution >= 0.6 is 0 Å². The van der Waals surface area contributed by atoms with Crippen molar-refractivity contribution < 1.29 is 19.0 Å². The van der Waals surface area contributed by atoms with Gasteiger partial charge < -0.3 is 19.5 Å². The molecule has 0 aromatic carbocycles. The van der Waals surface area contributed by atoms with Crippen LogP contribution in [0.5, 0.6) is 0 Å². The molecule has 0 radical (unpaired) electrons. The molecule has 1 rings (SSSR count). The number of methoxy groups -OCH3 is 3. The minimum atomic E-state index is -1.03. The molecule has 1 N–H and O–H groups in total. The molecule has 0 spiro atoms. The second kappa shape index (κ2) is 4.08. The summed E-state index contributed by atoms with van der Waals surface area (Å²) < 4.78 is 15.7. The highest BCUT2D eigenvalue weighted by atomic mass is 16.7. The van der Waals surface area contributed by atoms with E-state index >= 15 is 0 Å². The highest BCUT2D eigenvalue weighted by Gasteiger charge is 2.45. The van der Waals surface area contributed by atoms with Gasteiger partial charge >= 0.3 is 0 Å². The fraction of sp³-hybridized carbons (Fsp3) is 0.667. The normalized spacial score (nSPS) is 18.3. The Hall–Kier alpha value is -0.910. The third-order valence-electron chi connectivity index (χ3n) is 2.40. The van der Waals surface area contributed by atoms with Crippen LogP contribution in [0.2, 0.25) is 0 Å². The molecule has 0 aromatic heterocycles. The van der Waals surface area contributed by atoms with Crippen LogP contribution in [0.4, 0.5) is 0 Å². The molecular weight excluding hydrogens is 186 g/mol. The predicted octanol–water partition coefficient (Wildman–Crippen LogP) is 0.0241. The van der Waals surface area contributed by atoms with Gasteiger partial charge in [-0.05, 0) is 6.92 Å². The van der Waals surface area contributed by atoms with Gasteiger partial charge in [0.25, 0.3) is 0 Å². The number of amides is 1. The minimum absolute atomic E-state index is 0.151. The molecule has 0 aromatic rings. The van der Waals surface area contributed by atoms with Crippen molar-refractivity contribution in [1.29, 1.82) is 0 Å². The topological polar surface area (TPSA) is 56.8 Å². The Morgan fingerprint density at radius 3 is 2.14 bits per heavy atom. The summed E-state index contributed by atoms with van der Waals surface area (Å²) in [5.41, 5.74) is 0.585. The van der Waals surface area contributed by atoms with Gasteiger partial charge in [-0.3, -0.25) is 4.79 Å². The van der Waals surface area contributed by atoms with Crippen molar-refractivity contribution in [3.05, 3.63) is 11.8 Å². The summed E-state index contributed by atoms with van der Waals surface area (Å²) in [6, 6.07) is 0. The molecule has 14 heavy (non-hydrogen) atoms. The van der Waals surface area contributed by atoms with Crippen molar-refractivity contribution in [2.75, 3.05) is 21.3 Å². The molecule has 5 nitrogen and oxygen atoms in total. The molecule has 1 aliphatic rings. The first kappa shape index (κ1) is 11.2. The van der Waals surface area contributed by atoms with Gasteiger partial charge in [0.2, 0.25) is 11.7 Å². The van der Waals surface area contributed by atoms with E-state index in [4.69, 9.17) is 14.2 Å². The fourth-order valence-electron chi connectivity index (χ4n) is 1.46. The van der Waals surface area contributed by atoms with Gasteiger partial charge in [-0.1, -0.05) is 0 Å². The van der Waals surface area contributed by atoms with Crippen LogP contribution in [0.15, 0.2) is 11.8 Å². The van der Waals surface area contributed by atoms with Crippen molar-refractivity contribution in [2.45, 2.75) is 18.8 Å². The Balaban J connectivity index is 2.92. The Labute approximate surface area is 83.0 Å². The summed E-state index contributed by atoms with van der Waals surface area (Å²) in [6.45, 7) is 1.80. The lowest BCUT2D eigenvalue weighted by Gasteiger charge is -2.39. The van der Waals surface area contributed by atoms with Crippen molar-refractivity contribution in [1.82, 2.24) is 5.32 Å². The standard InChI is InChI=1S/C9H15NO4/c1-6(12-2)9(13-3,14-4)7-5-8(11)10-7/h5-6H,1-4H3,(H,10,11). The molecule has 0 bridgehead atoms. The van der Waals surface area contributed by atoms with E-state index in [-0.39, 0.29) is 12.0 Å². The number of carbonyl (C=O) groups is 1. The molecule has 80 valence electrons. The third kappa shape index (κ3) is 1.54. The smallest absolute Gasteiger partial charge is 0.250 e. The van der Waals surface area contributed by atoms with E-state index in [0.717, 1.165) is 0 Å². The third-order valence-corrected chi connectivity index (χ3v) is 2.40. The molecule has 0 saturated heterocycles. The summed E-state index contributed by atoms with van der Waals surface area (Å²) in [5, 5.41) is 2.59. The zero-order valence-electron chi connectivity index (χ0n) is 8.79. The number of ether oxygens (including phenoxy) is 3. The van der Waals surface area contributed by atoms with Gasteiger partial charge in [-0.25, -0.2) is 0 Å². The SMILES string of the molecule is COC(C)C(OC)(OC)C1=CC(=O)N1. The molecule has 0 aliphatic carbocycles. The van der Waals surface area contributed by atoms with E-state index < -0.39 is 5.79 Å². The van der Waals surface area contributed by atoms with Crippen LogP contribution in [0.3, 0.4) is 0 Å². The van der Waals surface area contributed by atoms with Gasteiger partial charge in [-0.2, -0.15) is 0 Å². The molecule has 5 heteroatoms. The number of hydrogen-bond acceptors (Lipinski definition) is 4. The Morgan fingerprint density at radius 2 is 1.86 bits per heavy atom. The second-order valence-corrected chi connectivity index (χ2v) is 3.00. The lowest BCUT2D eigenvalue weighted by molar-refractivity contribution is -0.239. The fourth-order valence-corrected chi connectivity index (χ4v) is 1.46. The number of hydrogen-bond donors (Lipinski definition) is 1. The minimum Gasteiger partial charge on any atom is -0.376 e. The van der Waals surface area contributed by atoms with Gasteiger partial charge in [0.15, 0.2) is 0 Å². The Bertz CT molecular complexity index is 258. The van der Waals surface area contributed by atoms with E-state index in [1.165, 1.54) is 20.3 Å².